The molecule has 0 aliphatic heterocycles. The Labute approximate surface area is 175 Å². The highest BCUT2D eigenvalue weighted by molar-refractivity contribution is 7.91. The van der Waals surface area contributed by atoms with Crippen LogP contribution in [0.25, 0.3) is 0 Å². The van der Waals surface area contributed by atoms with Gasteiger partial charge in [0.15, 0.2) is 0 Å². The van der Waals surface area contributed by atoms with Crippen LogP contribution in [-0.4, -0.2) is 39.6 Å². The number of ether oxygens (including phenoxy) is 1. The minimum Gasteiger partial charge on any atom is -0.462 e. The van der Waals surface area contributed by atoms with Crippen LogP contribution in [-0.2, 0) is 25.8 Å². The van der Waals surface area contributed by atoms with Gasteiger partial charge >= 0.3 is 18.1 Å². The standard InChI is InChI=1S/C19H17ClF3NO5S/c1-2-29-17(25)15-8-7-14(11-16(15)20)30(27,28)13-5-3-12(4-6-13)9-10-24-18(26)19(21,22)23/h3-8,11H,2,9-10H2,1H3,(H,24,26). The van der Waals surface area contributed by atoms with Crippen LogP contribution in [0.2, 0.25) is 5.02 Å². The molecule has 30 heavy (non-hydrogen) atoms. The van der Waals surface area contributed by atoms with E-state index in [-0.39, 0.29) is 39.9 Å². The van der Waals surface area contributed by atoms with Gasteiger partial charge in [-0.15, -0.1) is 0 Å². The summed E-state index contributed by atoms with van der Waals surface area (Å²) in [5.74, 6) is -2.71. The normalized spacial score (nSPS) is 11.8. The second kappa shape index (κ2) is 9.48. The van der Waals surface area contributed by atoms with Gasteiger partial charge in [0.2, 0.25) is 9.84 Å². The summed E-state index contributed by atoms with van der Waals surface area (Å²) in [6.07, 6.45) is -4.87. The second-order valence-electron chi connectivity index (χ2n) is 6.01. The maximum atomic E-state index is 12.8. The topological polar surface area (TPSA) is 89.5 Å². The van der Waals surface area contributed by atoms with E-state index in [9.17, 15) is 31.2 Å². The molecule has 1 N–H and O–H groups in total. The molecule has 0 unspecified atom stereocenters. The van der Waals surface area contributed by atoms with Crippen LogP contribution in [0.5, 0.6) is 0 Å². The molecule has 1 amide bonds. The third kappa shape index (κ3) is 5.73. The number of hydrogen-bond acceptors (Lipinski definition) is 5. The lowest BCUT2D eigenvalue weighted by atomic mass is 10.1. The van der Waals surface area contributed by atoms with E-state index in [4.69, 9.17) is 16.3 Å². The molecular formula is C19H17ClF3NO5S. The van der Waals surface area contributed by atoms with Crippen LogP contribution < -0.4 is 5.32 Å². The zero-order valence-corrected chi connectivity index (χ0v) is 17.2. The summed E-state index contributed by atoms with van der Waals surface area (Å²) < 4.78 is 66.8. The smallest absolute Gasteiger partial charge is 0.462 e. The third-order valence-corrected chi connectivity index (χ3v) is 6.02. The van der Waals surface area contributed by atoms with Gasteiger partial charge in [-0.05, 0) is 49.2 Å². The third-order valence-electron chi connectivity index (χ3n) is 3.94. The van der Waals surface area contributed by atoms with Crippen molar-refractivity contribution >= 4 is 33.3 Å². The zero-order chi connectivity index (χ0) is 22.5. The van der Waals surface area contributed by atoms with E-state index in [0.717, 1.165) is 6.07 Å². The molecule has 0 saturated heterocycles. The Hall–Kier alpha value is -2.59. The van der Waals surface area contributed by atoms with Gasteiger partial charge < -0.3 is 10.1 Å². The number of amides is 1. The van der Waals surface area contributed by atoms with Gasteiger partial charge in [0, 0.05) is 6.54 Å². The van der Waals surface area contributed by atoms with E-state index in [2.05, 4.69) is 0 Å². The first-order valence-electron chi connectivity index (χ1n) is 8.62. The Morgan fingerprint density at radius 2 is 1.67 bits per heavy atom. The number of halogens is 4. The predicted octanol–water partition coefficient (Wildman–Crippen LogP) is 3.57. The highest BCUT2D eigenvalue weighted by Gasteiger charge is 2.38. The lowest BCUT2D eigenvalue weighted by molar-refractivity contribution is -0.173. The Bertz CT molecular complexity index is 1040. The molecule has 2 rings (SSSR count). The number of carbonyl (C=O) groups is 2. The van der Waals surface area contributed by atoms with Gasteiger partial charge in [0.25, 0.3) is 0 Å². The molecule has 0 aliphatic carbocycles. The molecule has 2 aromatic rings. The van der Waals surface area contributed by atoms with Crippen molar-refractivity contribution in [2.24, 2.45) is 0 Å². The Kier molecular flexibility index (Phi) is 7.49. The van der Waals surface area contributed by atoms with E-state index < -0.39 is 27.9 Å². The summed E-state index contributed by atoms with van der Waals surface area (Å²) >= 11 is 6.01. The van der Waals surface area contributed by atoms with Gasteiger partial charge in [-0.2, -0.15) is 13.2 Å². The molecule has 0 radical (unpaired) electrons. The van der Waals surface area contributed by atoms with E-state index >= 15 is 0 Å². The van der Waals surface area contributed by atoms with Crippen molar-refractivity contribution in [2.45, 2.75) is 29.3 Å². The van der Waals surface area contributed by atoms with E-state index in [1.54, 1.807) is 12.2 Å². The van der Waals surface area contributed by atoms with Crippen LogP contribution in [0.15, 0.2) is 52.3 Å². The summed E-state index contributed by atoms with van der Waals surface area (Å²) in [4.78, 5) is 22.3. The molecular weight excluding hydrogens is 447 g/mol. The fourth-order valence-corrected chi connectivity index (χ4v) is 4.04. The minimum absolute atomic E-state index is 0.0359. The quantitative estimate of drug-likeness (QED) is 0.634. The van der Waals surface area contributed by atoms with Crippen LogP contribution >= 0.6 is 11.6 Å². The van der Waals surface area contributed by atoms with Crippen LogP contribution in [0.4, 0.5) is 13.2 Å². The SMILES string of the molecule is CCOC(=O)c1ccc(S(=O)(=O)c2ccc(CCNC(=O)C(F)(F)F)cc2)cc1Cl. The second-order valence-corrected chi connectivity index (χ2v) is 8.37. The number of nitrogens with one attached hydrogen (secondary N) is 1. The molecule has 0 aliphatic rings. The van der Waals surface area contributed by atoms with Crippen LogP contribution in [0, 0.1) is 0 Å². The Morgan fingerprint density at radius 3 is 2.20 bits per heavy atom. The highest BCUT2D eigenvalue weighted by atomic mass is 35.5. The number of rotatable bonds is 7. The van der Waals surface area contributed by atoms with Gasteiger partial charge in [-0.1, -0.05) is 23.7 Å². The monoisotopic (exact) mass is 463 g/mol. The summed E-state index contributed by atoms with van der Waals surface area (Å²) in [6.45, 7) is 1.51. The first-order chi connectivity index (χ1) is 14.0. The first kappa shape index (κ1) is 23.7. The largest absolute Gasteiger partial charge is 0.471 e. The van der Waals surface area contributed by atoms with Crippen molar-refractivity contribution in [3.8, 4) is 0 Å². The molecule has 0 fully saturated rings. The molecule has 0 heterocycles. The average molecular weight is 464 g/mol. The zero-order valence-electron chi connectivity index (χ0n) is 15.6. The number of benzene rings is 2. The van der Waals surface area contributed by atoms with Crippen molar-refractivity contribution in [1.29, 1.82) is 0 Å². The first-order valence-corrected chi connectivity index (χ1v) is 10.5. The molecule has 6 nitrogen and oxygen atoms in total. The molecule has 0 spiro atoms. The van der Waals surface area contributed by atoms with Crippen LogP contribution in [0.1, 0.15) is 22.8 Å². The van der Waals surface area contributed by atoms with Crippen molar-refractivity contribution in [3.05, 3.63) is 58.6 Å². The molecule has 0 aromatic heterocycles. The van der Waals surface area contributed by atoms with E-state index in [0.29, 0.717) is 5.56 Å². The number of carbonyl (C=O) groups excluding carboxylic acids is 2. The number of hydrogen-bond donors (Lipinski definition) is 1. The van der Waals surface area contributed by atoms with E-state index in [1.165, 1.54) is 36.4 Å². The number of esters is 1. The molecule has 11 heteroatoms. The maximum Gasteiger partial charge on any atom is 0.471 e. The predicted molar refractivity (Wildman–Crippen MR) is 102 cm³/mol. The Balaban J connectivity index is 2.12. The van der Waals surface area contributed by atoms with Gasteiger partial charge in [-0.25, -0.2) is 13.2 Å². The maximum absolute atomic E-state index is 12.8. The lowest BCUT2D eigenvalue weighted by Gasteiger charge is -2.10. The molecule has 162 valence electrons. The summed E-state index contributed by atoms with van der Waals surface area (Å²) in [5.41, 5.74) is 0.570. The fourth-order valence-electron chi connectivity index (χ4n) is 2.43. The fraction of sp³-hybridized carbons (Fsp3) is 0.263. The Morgan fingerprint density at radius 1 is 1.07 bits per heavy atom. The van der Waals surface area contributed by atoms with Gasteiger partial charge in [-0.3, -0.25) is 4.79 Å². The number of sulfone groups is 1. The molecule has 0 bridgehead atoms. The average Bonchev–Trinajstić information content (AvgIpc) is 2.67. The lowest BCUT2D eigenvalue weighted by Crippen LogP contribution is -2.37. The molecule has 0 saturated carbocycles. The number of alkyl halides is 3. The summed E-state index contributed by atoms with van der Waals surface area (Å²) in [7, 11) is -3.94. The highest BCUT2D eigenvalue weighted by Crippen LogP contribution is 2.26. The van der Waals surface area contributed by atoms with Crippen LogP contribution in [0.3, 0.4) is 0 Å². The molecule has 2 aromatic carbocycles. The molecule has 0 atom stereocenters. The van der Waals surface area contributed by atoms with Crippen molar-refractivity contribution in [1.82, 2.24) is 5.32 Å². The van der Waals surface area contributed by atoms with Gasteiger partial charge in [0.05, 0.1) is 27.0 Å². The van der Waals surface area contributed by atoms with Crippen molar-refractivity contribution in [3.63, 3.8) is 0 Å². The minimum atomic E-state index is -4.96. The summed E-state index contributed by atoms with van der Waals surface area (Å²) in [5, 5.41) is 1.66. The van der Waals surface area contributed by atoms with Crippen molar-refractivity contribution < 1.29 is 35.9 Å². The van der Waals surface area contributed by atoms with Crippen molar-refractivity contribution in [2.75, 3.05) is 13.2 Å². The van der Waals surface area contributed by atoms with E-state index in [1.807, 2.05) is 0 Å². The van der Waals surface area contributed by atoms with Gasteiger partial charge in [0.1, 0.15) is 0 Å². The summed E-state index contributed by atoms with van der Waals surface area (Å²) in [6, 6.07) is 9.08.